The first-order valence-corrected chi connectivity index (χ1v) is 7.74. The fourth-order valence-corrected chi connectivity index (χ4v) is 2.36. The van der Waals surface area contributed by atoms with Crippen LogP contribution in [0.2, 0.25) is 5.02 Å². The first kappa shape index (κ1) is 17.5. The van der Waals surface area contributed by atoms with E-state index >= 15 is 0 Å². The third kappa shape index (κ3) is 3.83. The van der Waals surface area contributed by atoms with E-state index in [1.54, 1.807) is 25.1 Å². The molecule has 0 spiro atoms. The van der Waals surface area contributed by atoms with Gasteiger partial charge in [0, 0.05) is 11.4 Å². The van der Waals surface area contributed by atoms with Crippen LogP contribution in [-0.2, 0) is 0 Å². The third-order valence-corrected chi connectivity index (χ3v) is 3.61. The van der Waals surface area contributed by atoms with Crippen molar-refractivity contribution in [2.24, 2.45) is 0 Å². The Kier molecular flexibility index (Phi) is 4.90. The Labute approximate surface area is 152 Å². The van der Waals surface area contributed by atoms with E-state index < -0.39 is 10.7 Å². The molecule has 2 aromatic heterocycles. The molecular weight excluding hydrogens is 363 g/mol. The summed E-state index contributed by atoms with van der Waals surface area (Å²) in [4.78, 5) is 23.0. The van der Waals surface area contributed by atoms with Crippen molar-refractivity contribution in [1.29, 1.82) is 0 Å². The second-order valence-electron chi connectivity index (χ2n) is 5.22. The Morgan fingerprint density at radius 3 is 2.54 bits per heavy atom. The summed E-state index contributed by atoms with van der Waals surface area (Å²) < 4.78 is 13.3. The second kappa shape index (κ2) is 7.28. The van der Waals surface area contributed by atoms with Crippen molar-refractivity contribution in [2.75, 3.05) is 10.6 Å². The average molecular weight is 375 g/mol. The van der Waals surface area contributed by atoms with Crippen LogP contribution in [0.1, 0.15) is 5.69 Å². The van der Waals surface area contributed by atoms with Gasteiger partial charge >= 0.3 is 5.69 Å². The zero-order valence-corrected chi connectivity index (χ0v) is 14.2. The van der Waals surface area contributed by atoms with Gasteiger partial charge < -0.3 is 10.6 Å². The van der Waals surface area contributed by atoms with Crippen molar-refractivity contribution in [3.63, 3.8) is 0 Å². The molecule has 0 radical (unpaired) electrons. The minimum absolute atomic E-state index is 0.0289. The van der Waals surface area contributed by atoms with Crippen LogP contribution in [0.3, 0.4) is 0 Å². The zero-order valence-electron chi connectivity index (χ0n) is 13.4. The van der Waals surface area contributed by atoms with Gasteiger partial charge in [-0.1, -0.05) is 17.7 Å². The fraction of sp³-hybridized carbons (Fsp3) is 0.0625. The maximum absolute atomic E-state index is 13.3. The molecule has 3 rings (SSSR count). The van der Waals surface area contributed by atoms with Gasteiger partial charge in [0.15, 0.2) is 0 Å². The molecule has 0 atom stereocenters. The van der Waals surface area contributed by atoms with E-state index in [1.807, 2.05) is 0 Å². The molecule has 0 aliphatic carbocycles. The number of nitro groups is 1. The summed E-state index contributed by atoms with van der Waals surface area (Å²) in [7, 11) is 0. The van der Waals surface area contributed by atoms with Crippen molar-refractivity contribution in [3.8, 4) is 0 Å². The lowest BCUT2D eigenvalue weighted by molar-refractivity contribution is -0.383. The molecule has 0 fully saturated rings. The summed E-state index contributed by atoms with van der Waals surface area (Å²) in [5.41, 5.74) is 0.708. The molecule has 8 nitrogen and oxygen atoms in total. The highest BCUT2D eigenvalue weighted by Gasteiger charge is 2.23. The Morgan fingerprint density at radius 2 is 1.88 bits per heavy atom. The Bertz CT molecular complexity index is 985. The second-order valence-corrected chi connectivity index (χ2v) is 5.63. The average Bonchev–Trinajstić information content (AvgIpc) is 2.58. The summed E-state index contributed by atoms with van der Waals surface area (Å²) in [6.07, 6.45) is 1.17. The number of nitrogens with zero attached hydrogens (tertiary/aromatic N) is 4. The maximum atomic E-state index is 13.3. The highest BCUT2D eigenvalue weighted by Crippen LogP contribution is 2.33. The molecule has 26 heavy (non-hydrogen) atoms. The SMILES string of the molecule is Cc1cccc(Nc2ncnc(Nc3ccc(F)c(Cl)c3)c2[N+](=O)[O-])n1. The maximum Gasteiger partial charge on any atom is 0.353 e. The van der Waals surface area contributed by atoms with Gasteiger partial charge in [0.05, 0.1) is 9.95 Å². The normalized spacial score (nSPS) is 10.4. The summed E-state index contributed by atoms with van der Waals surface area (Å²) in [6, 6.07) is 9.06. The van der Waals surface area contributed by atoms with Crippen molar-refractivity contribution < 1.29 is 9.31 Å². The summed E-state index contributed by atoms with van der Waals surface area (Å²) in [6.45, 7) is 1.80. The predicted octanol–water partition coefficient (Wildman–Crippen LogP) is 4.37. The van der Waals surface area contributed by atoms with Gasteiger partial charge in [0.25, 0.3) is 0 Å². The first-order chi connectivity index (χ1) is 12.4. The van der Waals surface area contributed by atoms with Crippen molar-refractivity contribution >= 4 is 40.4 Å². The number of hydrogen-bond acceptors (Lipinski definition) is 7. The molecule has 2 heterocycles. The van der Waals surface area contributed by atoms with Gasteiger partial charge in [-0.15, -0.1) is 0 Å². The quantitative estimate of drug-likeness (QED) is 0.504. The summed E-state index contributed by atoms with van der Waals surface area (Å²) in [5.74, 6) is -0.286. The lowest BCUT2D eigenvalue weighted by Crippen LogP contribution is -2.06. The van der Waals surface area contributed by atoms with Crippen LogP contribution < -0.4 is 10.6 Å². The molecule has 0 saturated carbocycles. The molecule has 0 aliphatic heterocycles. The van der Waals surface area contributed by atoms with E-state index in [0.29, 0.717) is 11.5 Å². The zero-order chi connectivity index (χ0) is 18.7. The predicted molar refractivity (Wildman–Crippen MR) is 95.6 cm³/mol. The van der Waals surface area contributed by atoms with Gasteiger partial charge in [-0.25, -0.2) is 19.3 Å². The molecular formula is C16H12ClFN6O2. The Hall–Kier alpha value is -3.33. The van der Waals surface area contributed by atoms with Crippen LogP contribution in [0.25, 0.3) is 0 Å². The molecule has 10 heteroatoms. The van der Waals surface area contributed by atoms with Crippen molar-refractivity contribution in [3.05, 3.63) is 69.4 Å². The molecule has 0 unspecified atom stereocenters. The molecule has 0 aliphatic rings. The van der Waals surface area contributed by atoms with Crippen LogP contribution >= 0.6 is 11.6 Å². The number of pyridine rings is 1. The Balaban J connectivity index is 1.98. The van der Waals surface area contributed by atoms with Gasteiger partial charge in [-0.3, -0.25) is 10.1 Å². The lowest BCUT2D eigenvalue weighted by Gasteiger charge is -2.10. The van der Waals surface area contributed by atoms with Crippen molar-refractivity contribution in [2.45, 2.75) is 6.92 Å². The largest absolute Gasteiger partial charge is 0.353 e. The highest BCUT2D eigenvalue weighted by atomic mass is 35.5. The number of nitrogens with one attached hydrogen (secondary N) is 2. The summed E-state index contributed by atoms with van der Waals surface area (Å²) >= 11 is 5.73. The fourth-order valence-electron chi connectivity index (χ4n) is 2.18. The van der Waals surface area contributed by atoms with E-state index in [1.165, 1.54) is 18.5 Å². The molecule has 1 aromatic carbocycles. The van der Waals surface area contributed by atoms with Gasteiger partial charge in [-0.2, -0.15) is 0 Å². The number of benzene rings is 1. The van der Waals surface area contributed by atoms with Crippen LogP contribution in [0.4, 0.5) is 33.2 Å². The molecule has 132 valence electrons. The van der Waals surface area contributed by atoms with Crippen LogP contribution in [0.5, 0.6) is 0 Å². The van der Waals surface area contributed by atoms with Gasteiger partial charge in [0.1, 0.15) is 18.0 Å². The van der Waals surface area contributed by atoms with E-state index in [9.17, 15) is 14.5 Å². The minimum atomic E-state index is -0.619. The lowest BCUT2D eigenvalue weighted by atomic mass is 10.3. The highest BCUT2D eigenvalue weighted by molar-refractivity contribution is 6.31. The van der Waals surface area contributed by atoms with Gasteiger partial charge in [0.2, 0.25) is 11.6 Å². The monoisotopic (exact) mass is 374 g/mol. The first-order valence-electron chi connectivity index (χ1n) is 7.36. The van der Waals surface area contributed by atoms with E-state index in [2.05, 4.69) is 25.6 Å². The molecule has 0 bridgehead atoms. The van der Waals surface area contributed by atoms with Gasteiger partial charge in [-0.05, 0) is 37.3 Å². The molecule has 0 saturated heterocycles. The molecule has 2 N–H and O–H groups in total. The number of hydrogen-bond donors (Lipinski definition) is 2. The van der Waals surface area contributed by atoms with E-state index in [-0.39, 0.29) is 22.3 Å². The molecule has 0 amide bonds. The van der Waals surface area contributed by atoms with E-state index in [4.69, 9.17) is 11.6 Å². The smallest absolute Gasteiger partial charge is 0.334 e. The Morgan fingerprint density at radius 1 is 1.15 bits per heavy atom. The van der Waals surface area contributed by atoms with Crippen molar-refractivity contribution in [1.82, 2.24) is 15.0 Å². The van der Waals surface area contributed by atoms with E-state index in [0.717, 1.165) is 11.8 Å². The van der Waals surface area contributed by atoms with Crippen LogP contribution in [0.15, 0.2) is 42.7 Å². The number of aromatic nitrogens is 3. The third-order valence-electron chi connectivity index (χ3n) is 3.32. The molecule has 3 aromatic rings. The van der Waals surface area contributed by atoms with Crippen LogP contribution in [0, 0.1) is 22.9 Å². The number of rotatable bonds is 5. The summed E-state index contributed by atoms with van der Waals surface area (Å²) in [5, 5.41) is 17.0. The minimum Gasteiger partial charge on any atom is -0.334 e. The number of aryl methyl sites for hydroxylation is 1. The number of anilines is 4. The number of halogens is 2. The van der Waals surface area contributed by atoms with Crippen LogP contribution in [-0.4, -0.2) is 19.9 Å². The topological polar surface area (TPSA) is 106 Å². The standard InChI is InChI=1S/C16H12ClFN6O2/c1-9-3-2-4-13(21-9)23-16-14(24(25)26)15(19-8-20-16)22-10-5-6-12(18)11(17)7-10/h2-8H,1H3,(H2,19,20,21,22,23).